The first-order valence-electron chi connectivity index (χ1n) is 8.27. The third-order valence-electron chi connectivity index (χ3n) is 4.05. The van der Waals surface area contributed by atoms with E-state index in [1.807, 2.05) is 0 Å². The second-order valence-corrected chi connectivity index (χ2v) is 6.73. The summed E-state index contributed by atoms with van der Waals surface area (Å²) in [6.07, 6.45) is -51.2. The van der Waals surface area contributed by atoms with E-state index in [9.17, 15) is 87.8 Å². The molecule has 0 rings (SSSR count). The molecule has 0 aliphatic heterocycles. The smallest absolute Gasteiger partial charge is 0.356 e. The van der Waals surface area contributed by atoms with Gasteiger partial charge in [0.1, 0.15) is 0 Å². The highest BCUT2D eigenvalue weighted by molar-refractivity contribution is 4.97. The molecule has 0 bridgehead atoms. The Labute approximate surface area is 180 Å². The van der Waals surface area contributed by atoms with Crippen LogP contribution in [0.1, 0.15) is 12.8 Å². The summed E-state index contributed by atoms with van der Waals surface area (Å²) in [7, 11) is 0. The topological polar surface area (TPSA) is 9.23 Å². The Kier molecular flexibility index (Phi) is 10.1. The van der Waals surface area contributed by atoms with Crippen LogP contribution >= 0.6 is 0 Å². The van der Waals surface area contributed by atoms with E-state index in [0.29, 0.717) is 0 Å². The zero-order valence-electron chi connectivity index (χ0n) is 15.8. The van der Waals surface area contributed by atoms with Crippen molar-refractivity contribution in [2.24, 2.45) is 0 Å². The zero-order chi connectivity index (χ0) is 28.6. The van der Waals surface area contributed by atoms with Crippen LogP contribution < -0.4 is 0 Å². The molecular formula is C14H10F20O. The summed E-state index contributed by atoms with van der Waals surface area (Å²) in [5.41, 5.74) is 0. The standard InChI is InChI=1S/C14H10F20O/c15-5(7(17)18)11(25,26)9(21,22)1-3(13(29,30)31)35-4(14(32,33)34)2-10(23,24)12(27,28)6(16)8(19)20/h3-8H,1-2H2. The SMILES string of the molecule is FC(F)C(F)C(F)(F)C(F)(F)CC(OC(CC(F)(F)C(F)(F)C(F)C(F)F)C(F)(F)F)C(F)(F)F. The van der Waals surface area contributed by atoms with E-state index in [1.54, 1.807) is 0 Å². The van der Waals surface area contributed by atoms with Gasteiger partial charge in [-0.05, 0) is 0 Å². The number of ether oxygens (including phenoxy) is 1. The Bertz CT molecular complexity index is 610. The molecule has 4 atom stereocenters. The van der Waals surface area contributed by atoms with Crippen molar-refractivity contribution in [1.29, 1.82) is 0 Å². The molecule has 0 radical (unpaired) electrons. The van der Waals surface area contributed by atoms with Crippen molar-refractivity contribution in [2.75, 3.05) is 0 Å². The molecule has 0 heterocycles. The minimum Gasteiger partial charge on any atom is -0.356 e. The molecule has 212 valence electrons. The fraction of sp³-hybridized carbons (Fsp3) is 1.00. The summed E-state index contributed by atoms with van der Waals surface area (Å²) >= 11 is 0. The second-order valence-electron chi connectivity index (χ2n) is 6.73. The van der Waals surface area contributed by atoms with Gasteiger partial charge in [0.05, 0.1) is 12.8 Å². The fourth-order valence-corrected chi connectivity index (χ4v) is 2.14. The summed E-state index contributed by atoms with van der Waals surface area (Å²) in [6.45, 7) is 0. The highest BCUT2D eigenvalue weighted by Gasteiger charge is 2.69. The lowest BCUT2D eigenvalue weighted by Crippen LogP contribution is -2.56. The van der Waals surface area contributed by atoms with E-state index in [4.69, 9.17) is 0 Å². The Hall–Kier alpha value is -1.44. The summed E-state index contributed by atoms with van der Waals surface area (Å²) in [5.74, 6) is -26.6. The normalized spacial score (nSPS) is 18.7. The number of hydrogen-bond donors (Lipinski definition) is 0. The summed E-state index contributed by atoms with van der Waals surface area (Å²) in [4.78, 5) is 0. The molecule has 0 saturated carbocycles. The minimum atomic E-state index is -6.71. The van der Waals surface area contributed by atoms with Gasteiger partial charge in [-0.2, -0.15) is 61.5 Å². The first kappa shape index (κ1) is 33.6. The van der Waals surface area contributed by atoms with Crippen LogP contribution in [0, 0.1) is 0 Å². The molecule has 0 saturated heterocycles. The quantitative estimate of drug-likeness (QED) is 0.221. The van der Waals surface area contributed by atoms with Gasteiger partial charge in [-0.25, -0.2) is 26.3 Å². The molecule has 35 heavy (non-hydrogen) atoms. The molecule has 0 aliphatic carbocycles. The molecule has 0 spiro atoms. The van der Waals surface area contributed by atoms with Gasteiger partial charge in [-0.3, -0.25) is 0 Å². The lowest BCUT2D eigenvalue weighted by molar-refractivity contribution is -0.333. The van der Waals surface area contributed by atoms with Crippen molar-refractivity contribution in [3.63, 3.8) is 0 Å². The van der Waals surface area contributed by atoms with E-state index in [1.165, 1.54) is 0 Å². The van der Waals surface area contributed by atoms with Gasteiger partial charge < -0.3 is 4.74 Å². The summed E-state index contributed by atoms with van der Waals surface area (Å²) in [6, 6.07) is 0. The predicted octanol–water partition coefficient (Wildman–Crippen LogP) is 7.39. The molecule has 0 aromatic carbocycles. The molecule has 21 heteroatoms. The van der Waals surface area contributed by atoms with Crippen LogP contribution in [0.15, 0.2) is 0 Å². The monoisotopic (exact) mass is 574 g/mol. The van der Waals surface area contributed by atoms with Crippen molar-refractivity contribution in [1.82, 2.24) is 0 Å². The maximum atomic E-state index is 13.5. The van der Waals surface area contributed by atoms with Gasteiger partial charge in [0.25, 0.3) is 12.9 Å². The van der Waals surface area contributed by atoms with E-state index in [0.717, 1.165) is 0 Å². The summed E-state index contributed by atoms with van der Waals surface area (Å²) in [5, 5.41) is 0. The van der Waals surface area contributed by atoms with Crippen LogP contribution in [0.2, 0.25) is 0 Å². The third-order valence-corrected chi connectivity index (χ3v) is 4.05. The van der Waals surface area contributed by atoms with Gasteiger partial charge in [0.2, 0.25) is 12.3 Å². The largest absolute Gasteiger partial charge is 0.414 e. The number of rotatable bonds is 12. The lowest BCUT2D eigenvalue weighted by Gasteiger charge is -2.36. The zero-order valence-corrected chi connectivity index (χ0v) is 15.8. The second kappa shape index (κ2) is 10.5. The summed E-state index contributed by atoms with van der Waals surface area (Å²) < 4.78 is 260. The van der Waals surface area contributed by atoms with E-state index in [-0.39, 0.29) is 0 Å². The minimum absolute atomic E-state index is 2.83. The Morgan fingerprint density at radius 1 is 0.429 bits per heavy atom. The van der Waals surface area contributed by atoms with Crippen molar-refractivity contribution >= 4 is 0 Å². The van der Waals surface area contributed by atoms with Crippen LogP contribution in [-0.4, -0.2) is 73.4 Å². The van der Waals surface area contributed by atoms with E-state index >= 15 is 0 Å². The Morgan fingerprint density at radius 3 is 0.829 bits per heavy atom. The lowest BCUT2D eigenvalue weighted by atomic mass is 9.98. The molecule has 0 aromatic heterocycles. The maximum Gasteiger partial charge on any atom is 0.414 e. The van der Waals surface area contributed by atoms with Crippen LogP contribution in [0.3, 0.4) is 0 Å². The van der Waals surface area contributed by atoms with Gasteiger partial charge in [-0.15, -0.1) is 0 Å². The van der Waals surface area contributed by atoms with Crippen molar-refractivity contribution in [3.05, 3.63) is 0 Å². The van der Waals surface area contributed by atoms with Gasteiger partial charge in [0.15, 0.2) is 12.2 Å². The fourth-order valence-electron chi connectivity index (χ4n) is 2.14. The van der Waals surface area contributed by atoms with Gasteiger partial charge in [-0.1, -0.05) is 0 Å². The van der Waals surface area contributed by atoms with Gasteiger partial charge >= 0.3 is 36.0 Å². The molecule has 0 fully saturated rings. The number of hydrogen-bond acceptors (Lipinski definition) is 1. The highest BCUT2D eigenvalue weighted by Crippen LogP contribution is 2.49. The van der Waals surface area contributed by atoms with Crippen LogP contribution in [0.25, 0.3) is 0 Å². The first-order valence-corrected chi connectivity index (χ1v) is 8.27. The molecule has 0 N–H and O–H groups in total. The van der Waals surface area contributed by atoms with Crippen LogP contribution in [0.5, 0.6) is 0 Å². The molecule has 4 unspecified atom stereocenters. The predicted molar refractivity (Wildman–Crippen MR) is 71.6 cm³/mol. The third kappa shape index (κ3) is 7.77. The van der Waals surface area contributed by atoms with E-state index in [2.05, 4.69) is 4.74 Å². The molecule has 0 amide bonds. The van der Waals surface area contributed by atoms with Crippen molar-refractivity contribution in [3.8, 4) is 0 Å². The van der Waals surface area contributed by atoms with Crippen molar-refractivity contribution < 1.29 is 92.5 Å². The average molecular weight is 574 g/mol. The number of halogens is 20. The maximum absolute atomic E-state index is 13.5. The average Bonchev–Trinajstić information content (AvgIpc) is 2.62. The van der Waals surface area contributed by atoms with Crippen molar-refractivity contribution in [2.45, 2.75) is 86.3 Å². The molecular weight excluding hydrogens is 564 g/mol. The van der Waals surface area contributed by atoms with Crippen LogP contribution in [0.4, 0.5) is 87.8 Å². The molecule has 0 aliphatic rings. The van der Waals surface area contributed by atoms with E-state index < -0.39 is 86.3 Å². The molecule has 0 aromatic rings. The number of alkyl halides is 20. The Morgan fingerprint density at radius 2 is 0.657 bits per heavy atom. The highest BCUT2D eigenvalue weighted by atomic mass is 19.4. The van der Waals surface area contributed by atoms with Gasteiger partial charge in [0, 0.05) is 0 Å². The molecule has 1 nitrogen and oxygen atoms in total. The van der Waals surface area contributed by atoms with Crippen LogP contribution in [-0.2, 0) is 4.74 Å². The Balaban J connectivity index is 6.24. The first-order chi connectivity index (χ1) is 15.1.